The Balaban J connectivity index is 1.62. The van der Waals surface area contributed by atoms with Gasteiger partial charge in [0.25, 0.3) is 0 Å². The number of thiophene rings is 1. The van der Waals surface area contributed by atoms with E-state index in [-0.39, 0.29) is 24.8 Å². The van der Waals surface area contributed by atoms with Gasteiger partial charge >= 0.3 is 0 Å². The number of carbonyl (C=O) groups excluding carboxylic acids is 2. The Morgan fingerprint density at radius 3 is 2.72 bits per heavy atom. The van der Waals surface area contributed by atoms with Crippen molar-refractivity contribution < 1.29 is 9.59 Å². The van der Waals surface area contributed by atoms with Gasteiger partial charge in [-0.15, -0.1) is 11.3 Å². The highest BCUT2D eigenvalue weighted by molar-refractivity contribution is 7.09. The Morgan fingerprint density at radius 1 is 1.32 bits per heavy atom. The highest BCUT2D eigenvalue weighted by atomic mass is 32.1. The zero-order valence-corrected chi connectivity index (χ0v) is 15.9. The Bertz CT molecular complexity index is 760. The smallest absolute Gasteiger partial charge is 0.234 e. The molecule has 0 aromatic carbocycles. The maximum atomic E-state index is 12.7. The molecule has 0 spiro atoms. The first-order valence-electron chi connectivity index (χ1n) is 8.64. The topological polar surface area (TPSA) is 54.3 Å². The Hall–Kier alpha value is -1.92. The monoisotopic (exact) mass is 359 g/mol. The maximum absolute atomic E-state index is 12.7. The summed E-state index contributed by atoms with van der Waals surface area (Å²) in [6, 6.07) is 6.47. The molecule has 1 saturated carbocycles. The van der Waals surface area contributed by atoms with Crippen LogP contribution in [0.15, 0.2) is 23.6 Å². The summed E-state index contributed by atoms with van der Waals surface area (Å²) < 4.78 is 2.18. The maximum Gasteiger partial charge on any atom is 0.234 e. The molecule has 134 valence electrons. The van der Waals surface area contributed by atoms with Crippen molar-refractivity contribution in [2.75, 3.05) is 20.1 Å². The fraction of sp³-hybridized carbons (Fsp3) is 0.474. The van der Waals surface area contributed by atoms with Gasteiger partial charge in [0.1, 0.15) is 0 Å². The predicted molar refractivity (Wildman–Crippen MR) is 100 cm³/mol. The molecular formula is C19H25N3O2S. The lowest BCUT2D eigenvalue weighted by molar-refractivity contribution is -0.121. The summed E-state index contributed by atoms with van der Waals surface area (Å²) in [5.41, 5.74) is 2.83. The Kier molecular flexibility index (Phi) is 5.39. The molecule has 1 aliphatic carbocycles. The van der Waals surface area contributed by atoms with E-state index in [0.29, 0.717) is 6.04 Å². The summed E-state index contributed by atoms with van der Waals surface area (Å²) in [5.74, 6) is 0.0632. The van der Waals surface area contributed by atoms with Crippen LogP contribution in [0.5, 0.6) is 0 Å². The summed E-state index contributed by atoms with van der Waals surface area (Å²) in [6.07, 6.45) is 2.15. The first kappa shape index (κ1) is 17.9. The van der Waals surface area contributed by atoms with Crippen LogP contribution in [-0.2, 0) is 11.3 Å². The fourth-order valence-electron chi connectivity index (χ4n) is 3.02. The standard InChI is InChI=1S/C19H25N3O2S/c1-13-9-17(14(2)22(13)10-16-5-4-8-25-16)18(23)11-21(3)12-19(24)20-15-6-7-15/h4-5,8-9,15H,6-7,10-12H2,1-3H3,(H,20,24). The van der Waals surface area contributed by atoms with Gasteiger partial charge < -0.3 is 9.88 Å². The molecule has 1 aliphatic rings. The second-order valence-corrected chi connectivity index (χ2v) is 7.92. The molecule has 2 aromatic rings. The van der Waals surface area contributed by atoms with Crippen LogP contribution in [0.3, 0.4) is 0 Å². The second kappa shape index (κ2) is 7.54. The fourth-order valence-corrected chi connectivity index (χ4v) is 3.71. The van der Waals surface area contributed by atoms with Gasteiger partial charge in [-0.25, -0.2) is 0 Å². The molecule has 1 fully saturated rings. The highest BCUT2D eigenvalue weighted by Crippen LogP contribution is 2.20. The van der Waals surface area contributed by atoms with Crippen molar-refractivity contribution in [3.8, 4) is 0 Å². The molecule has 0 bridgehead atoms. The zero-order valence-electron chi connectivity index (χ0n) is 15.0. The molecule has 0 saturated heterocycles. The van der Waals surface area contributed by atoms with E-state index in [1.807, 2.05) is 33.0 Å². The van der Waals surface area contributed by atoms with E-state index in [4.69, 9.17) is 0 Å². The van der Waals surface area contributed by atoms with Gasteiger partial charge in [-0.2, -0.15) is 0 Å². The molecule has 25 heavy (non-hydrogen) atoms. The lowest BCUT2D eigenvalue weighted by Crippen LogP contribution is -2.38. The molecule has 0 aliphatic heterocycles. The van der Waals surface area contributed by atoms with Crippen LogP contribution >= 0.6 is 11.3 Å². The number of aryl methyl sites for hydroxylation is 1. The van der Waals surface area contributed by atoms with E-state index in [0.717, 1.165) is 36.3 Å². The molecule has 1 amide bonds. The molecule has 5 nitrogen and oxygen atoms in total. The van der Waals surface area contributed by atoms with Crippen molar-refractivity contribution in [2.45, 2.75) is 39.3 Å². The molecule has 2 heterocycles. The van der Waals surface area contributed by atoms with Crippen molar-refractivity contribution in [1.82, 2.24) is 14.8 Å². The number of carbonyl (C=O) groups is 2. The van der Waals surface area contributed by atoms with Crippen molar-refractivity contribution in [3.63, 3.8) is 0 Å². The van der Waals surface area contributed by atoms with Gasteiger partial charge in [-0.05, 0) is 51.2 Å². The van der Waals surface area contributed by atoms with Gasteiger partial charge in [-0.1, -0.05) is 6.07 Å². The number of hydrogen-bond acceptors (Lipinski definition) is 4. The Labute approximate surface area is 152 Å². The number of hydrogen-bond donors (Lipinski definition) is 1. The SMILES string of the molecule is Cc1cc(C(=O)CN(C)CC(=O)NC2CC2)c(C)n1Cc1cccs1. The van der Waals surface area contributed by atoms with Crippen LogP contribution in [0.2, 0.25) is 0 Å². The normalized spacial score (nSPS) is 14.1. The molecule has 1 N–H and O–H groups in total. The predicted octanol–water partition coefficient (Wildman–Crippen LogP) is 2.61. The van der Waals surface area contributed by atoms with Crippen molar-refractivity contribution in [3.05, 3.63) is 45.4 Å². The van der Waals surface area contributed by atoms with E-state index in [1.165, 1.54) is 4.88 Å². The number of Topliss-reactive ketones (excluding diaryl/α,β-unsaturated/α-hetero) is 1. The van der Waals surface area contributed by atoms with Crippen LogP contribution in [0.25, 0.3) is 0 Å². The largest absolute Gasteiger partial charge is 0.352 e. The number of aromatic nitrogens is 1. The van der Waals surface area contributed by atoms with Gasteiger partial charge in [-0.3, -0.25) is 14.5 Å². The summed E-state index contributed by atoms with van der Waals surface area (Å²) in [6.45, 7) is 5.33. The average Bonchev–Trinajstić information content (AvgIpc) is 3.11. The lowest BCUT2D eigenvalue weighted by Gasteiger charge is -2.15. The summed E-state index contributed by atoms with van der Waals surface area (Å²) >= 11 is 1.72. The number of rotatable bonds is 8. The number of nitrogens with zero attached hydrogens (tertiary/aromatic N) is 2. The van der Waals surface area contributed by atoms with E-state index in [2.05, 4.69) is 21.3 Å². The molecule has 0 unspecified atom stereocenters. The number of nitrogens with one attached hydrogen (secondary N) is 1. The minimum Gasteiger partial charge on any atom is -0.352 e. The van der Waals surface area contributed by atoms with Crippen molar-refractivity contribution in [1.29, 1.82) is 0 Å². The van der Waals surface area contributed by atoms with E-state index in [1.54, 1.807) is 16.2 Å². The van der Waals surface area contributed by atoms with E-state index >= 15 is 0 Å². The third kappa shape index (κ3) is 4.58. The van der Waals surface area contributed by atoms with Crippen molar-refractivity contribution >= 4 is 23.0 Å². The summed E-state index contributed by atoms with van der Waals surface area (Å²) in [7, 11) is 1.81. The number of amides is 1. The van der Waals surface area contributed by atoms with Crippen molar-refractivity contribution in [2.24, 2.45) is 0 Å². The summed E-state index contributed by atoms with van der Waals surface area (Å²) in [5, 5.41) is 5.02. The molecule has 0 radical (unpaired) electrons. The van der Waals surface area contributed by atoms with E-state index in [9.17, 15) is 9.59 Å². The molecule has 2 aromatic heterocycles. The quantitative estimate of drug-likeness (QED) is 0.737. The van der Waals surface area contributed by atoms with E-state index < -0.39 is 0 Å². The average molecular weight is 359 g/mol. The Morgan fingerprint density at radius 2 is 2.08 bits per heavy atom. The molecule has 0 atom stereocenters. The van der Waals surface area contributed by atoms with Gasteiger partial charge in [0.05, 0.1) is 19.6 Å². The van der Waals surface area contributed by atoms with Gasteiger partial charge in [0, 0.05) is 27.9 Å². The molecule has 6 heteroatoms. The van der Waals surface area contributed by atoms with Crippen LogP contribution in [-0.4, -0.2) is 47.3 Å². The first-order valence-corrected chi connectivity index (χ1v) is 9.52. The number of likely N-dealkylation sites (N-methyl/N-ethyl adjacent to an activating group) is 1. The van der Waals surface area contributed by atoms with Crippen LogP contribution < -0.4 is 5.32 Å². The molecular weight excluding hydrogens is 334 g/mol. The lowest BCUT2D eigenvalue weighted by atomic mass is 10.1. The third-order valence-corrected chi connectivity index (χ3v) is 5.40. The minimum absolute atomic E-state index is 0.000896. The zero-order chi connectivity index (χ0) is 18.0. The van der Waals surface area contributed by atoms with Crippen LogP contribution in [0.1, 0.15) is 39.5 Å². The third-order valence-electron chi connectivity index (χ3n) is 4.54. The highest BCUT2D eigenvalue weighted by Gasteiger charge is 2.24. The van der Waals surface area contributed by atoms with Crippen LogP contribution in [0.4, 0.5) is 0 Å². The van der Waals surface area contributed by atoms with Crippen LogP contribution in [0, 0.1) is 13.8 Å². The second-order valence-electron chi connectivity index (χ2n) is 6.89. The minimum atomic E-state index is 0.000896. The number of ketones is 1. The summed E-state index contributed by atoms with van der Waals surface area (Å²) in [4.78, 5) is 27.6. The molecule has 3 rings (SSSR count). The van der Waals surface area contributed by atoms with Gasteiger partial charge in [0.15, 0.2) is 5.78 Å². The van der Waals surface area contributed by atoms with Gasteiger partial charge in [0.2, 0.25) is 5.91 Å². The first-order chi connectivity index (χ1) is 11.9.